The van der Waals surface area contributed by atoms with Gasteiger partial charge in [-0.25, -0.2) is 14.3 Å². The summed E-state index contributed by atoms with van der Waals surface area (Å²) in [6.07, 6.45) is 0. The van der Waals surface area contributed by atoms with Gasteiger partial charge in [-0.05, 0) is 12.1 Å². The Labute approximate surface area is 152 Å². The van der Waals surface area contributed by atoms with Gasteiger partial charge >= 0.3 is 12.0 Å². The Morgan fingerprint density at radius 3 is 2.73 bits per heavy atom. The quantitative estimate of drug-likeness (QED) is 0.736. The van der Waals surface area contributed by atoms with Crippen LogP contribution in [0.15, 0.2) is 29.3 Å². The molecule has 0 N–H and O–H groups in total. The summed E-state index contributed by atoms with van der Waals surface area (Å²) < 4.78 is 7.35. The zero-order valence-corrected chi connectivity index (χ0v) is 15.3. The van der Waals surface area contributed by atoms with E-state index in [-0.39, 0.29) is 11.9 Å². The van der Waals surface area contributed by atoms with Crippen LogP contribution in [0.25, 0.3) is 0 Å². The van der Waals surface area contributed by atoms with Crippen molar-refractivity contribution in [2.75, 3.05) is 39.2 Å². The lowest BCUT2D eigenvalue weighted by Gasteiger charge is -2.33. The number of carbonyl (C=O) groups is 2. The molecule has 0 radical (unpaired) electrons. The summed E-state index contributed by atoms with van der Waals surface area (Å²) in [7, 11) is 4.81. The molecule has 0 saturated carbocycles. The van der Waals surface area contributed by atoms with Crippen molar-refractivity contribution in [3.05, 3.63) is 24.3 Å². The molecule has 1 fully saturated rings. The van der Waals surface area contributed by atoms with Crippen LogP contribution in [0.3, 0.4) is 0 Å². The Kier molecular flexibility index (Phi) is 3.71. The molecule has 1 aromatic rings. The first-order chi connectivity index (χ1) is 12.4. The largest absolute Gasteiger partial charge is 0.497 e. The van der Waals surface area contributed by atoms with Crippen molar-refractivity contribution in [1.82, 2.24) is 9.80 Å². The van der Waals surface area contributed by atoms with E-state index in [1.807, 2.05) is 28.8 Å². The van der Waals surface area contributed by atoms with Gasteiger partial charge in [0.25, 0.3) is 5.91 Å². The molecule has 0 spiro atoms. The molecule has 3 aliphatic rings. The Morgan fingerprint density at radius 2 is 2.00 bits per heavy atom. The maximum absolute atomic E-state index is 12.8. The zero-order chi connectivity index (χ0) is 18.6. The molecule has 0 aromatic heterocycles. The summed E-state index contributed by atoms with van der Waals surface area (Å²) in [5.74, 6) is 2.07. The van der Waals surface area contributed by atoms with Crippen LogP contribution in [-0.2, 0) is 4.79 Å². The van der Waals surface area contributed by atoms with Gasteiger partial charge in [0.2, 0.25) is 11.9 Å². The van der Waals surface area contributed by atoms with Crippen LogP contribution in [0.4, 0.5) is 10.5 Å². The molecule has 1 saturated heterocycles. The molecule has 3 aliphatic heterocycles. The summed E-state index contributed by atoms with van der Waals surface area (Å²) >= 11 is 0. The van der Waals surface area contributed by atoms with Crippen molar-refractivity contribution in [3.8, 4) is 5.75 Å². The first-order valence-corrected chi connectivity index (χ1v) is 8.61. The number of amides is 3. The average Bonchev–Trinajstić information content (AvgIpc) is 3.03. The molecule has 0 bridgehead atoms. The standard InChI is InChI=1S/C18H22N5O3/c1-11-9-22(12-6-5-7-13(8-12)26-4)17-19-15-14(23(17)10-11)16(24)21(3)18(25)20(15)2/h5-8,11,14H,9-10H2,1-4H3/q+1. The second-order valence-corrected chi connectivity index (χ2v) is 6.98. The minimum atomic E-state index is -0.548. The van der Waals surface area contributed by atoms with Crippen molar-refractivity contribution in [3.63, 3.8) is 0 Å². The van der Waals surface area contributed by atoms with Gasteiger partial charge in [0.05, 0.1) is 20.2 Å². The van der Waals surface area contributed by atoms with E-state index in [0.29, 0.717) is 17.7 Å². The van der Waals surface area contributed by atoms with Gasteiger partial charge in [-0.15, -0.1) is 0 Å². The summed E-state index contributed by atoms with van der Waals surface area (Å²) in [6, 6.07) is 6.87. The summed E-state index contributed by atoms with van der Waals surface area (Å²) in [4.78, 5) is 34.5. The Hall–Kier alpha value is -2.90. The van der Waals surface area contributed by atoms with E-state index in [2.05, 4.69) is 11.8 Å². The highest BCUT2D eigenvalue weighted by Gasteiger charge is 2.54. The fourth-order valence-electron chi connectivity index (χ4n) is 3.77. The minimum absolute atomic E-state index is 0.235. The van der Waals surface area contributed by atoms with E-state index >= 15 is 0 Å². The van der Waals surface area contributed by atoms with Gasteiger partial charge in [-0.2, -0.15) is 0 Å². The van der Waals surface area contributed by atoms with Crippen molar-refractivity contribution >= 4 is 29.4 Å². The van der Waals surface area contributed by atoms with E-state index in [1.54, 1.807) is 14.2 Å². The topological polar surface area (TPSA) is 68.5 Å². The highest BCUT2D eigenvalue weighted by molar-refractivity contribution is 6.23. The molecule has 0 aliphatic carbocycles. The number of anilines is 1. The lowest BCUT2D eigenvalue weighted by molar-refractivity contribution is -0.545. The number of imide groups is 1. The van der Waals surface area contributed by atoms with Gasteiger partial charge in [0, 0.05) is 26.1 Å². The van der Waals surface area contributed by atoms with Gasteiger partial charge in [0.1, 0.15) is 11.4 Å². The van der Waals surface area contributed by atoms with Gasteiger partial charge < -0.3 is 4.74 Å². The van der Waals surface area contributed by atoms with E-state index in [9.17, 15) is 9.59 Å². The molecule has 3 heterocycles. The first-order valence-electron chi connectivity index (χ1n) is 8.61. The van der Waals surface area contributed by atoms with Crippen molar-refractivity contribution in [1.29, 1.82) is 0 Å². The van der Waals surface area contributed by atoms with Crippen LogP contribution in [0.1, 0.15) is 6.92 Å². The van der Waals surface area contributed by atoms with Gasteiger partial charge in [0.15, 0.2) is 0 Å². The number of aliphatic imine (C=N–C) groups is 1. The molecule has 4 rings (SSSR count). The minimum Gasteiger partial charge on any atom is -0.497 e. The smallest absolute Gasteiger partial charge is 0.397 e. The molecule has 8 heteroatoms. The number of carbonyl (C=O) groups excluding carboxylic acids is 2. The van der Waals surface area contributed by atoms with Crippen molar-refractivity contribution < 1.29 is 18.9 Å². The van der Waals surface area contributed by atoms with Crippen LogP contribution in [0.2, 0.25) is 0 Å². The van der Waals surface area contributed by atoms with E-state index in [1.165, 1.54) is 16.8 Å². The maximum atomic E-state index is 12.8. The fourth-order valence-corrected chi connectivity index (χ4v) is 3.77. The number of hydrogen-bond acceptors (Lipinski definition) is 5. The van der Waals surface area contributed by atoms with Gasteiger partial charge in [-0.1, -0.05) is 18.0 Å². The van der Waals surface area contributed by atoms with E-state index < -0.39 is 6.04 Å². The molecular formula is C18H22N5O3+. The number of amidine groups is 1. The number of hydrogen-bond donors (Lipinski definition) is 0. The van der Waals surface area contributed by atoms with Crippen LogP contribution < -0.4 is 9.64 Å². The van der Waals surface area contributed by atoms with Gasteiger partial charge in [-0.3, -0.25) is 14.6 Å². The number of methoxy groups -OCH3 is 1. The van der Waals surface area contributed by atoms with Crippen molar-refractivity contribution in [2.24, 2.45) is 10.9 Å². The van der Waals surface area contributed by atoms with Crippen molar-refractivity contribution in [2.45, 2.75) is 13.0 Å². The zero-order valence-electron chi connectivity index (χ0n) is 15.3. The number of likely N-dealkylation sites (N-methyl/N-ethyl adjacent to an activating group) is 2. The van der Waals surface area contributed by atoms with Crippen LogP contribution in [-0.4, -0.2) is 78.4 Å². The third-order valence-electron chi connectivity index (χ3n) is 5.12. The lowest BCUT2D eigenvalue weighted by Crippen LogP contribution is -2.62. The molecular weight excluding hydrogens is 334 g/mol. The highest BCUT2D eigenvalue weighted by atomic mass is 16.5. The summed E-state index contributed by atoms with van der Waals surface area (Å²) in [5.41, 5.74) is 0.952. The number of guanidine groups is 1. The number of ether oxygens (including phenoxy) is 1. The molecule has 1 aromatic carbocycles. The third-order valence-corrected chi connectivity index (χ3v) is 5.12. The SMILES string of the molecule is COc1cccc(N2CC(C)C[N+]3=C2N=C2C3C(=O)N(C)C(=O)N2C)c1. The number of rotatable bonds is 2. The van der Waals surface area contributed by atoms with E-state index in [0.717, 1.165) is 24.5 Å². The van der Waals surface area contributed by atoms with Crippen LogP contribution in [0.5, 0.6) is 5.75 Å². The molecule has 3 amide bonds. The predicted molar refractivity (Wildman–Crippen MR) is 96.8 cm³/mol. The monoisotopic (exact) mass is 356 g/mol. The number of urea groups is 1. The third kappa shape index (κ3) is 2.28. The van der Waals surface area contributed by atoms with E-state index in [4.69, 9.17) is 9.73 Å². The number of fused-ring (bicyclic) bond motifs is 2. The Bertz CT molecular complexity index is 862. The molecule has 2 atom stereocenters. The Morgan fingerprint density at radius 1 is 1.23 bits per heavy atom. The Balaban J connectivity index is 1.81. The highest BCUT2D eigenvalue weighted by Crippen LogP contribution is 2.29. The first kappa shape index (κ1) is 16.6. The lowest BCUT2D eigenvalue weighted by atomic mass is 10.1. The maximum Gasteiger partial charge on any atom is 0.397 e. The fraction of sp³-hybridized carbons (Fsp3) is 0.444. The molecule has 2 unspecified atom stereocenters. The summed E-state index contributed by atoms with van der Waals surface area (Å²) in [5, 5.41) is 0. The summed E-state index contributed by atoms with van der Waals surface area (Å²) in [6.45, 7) is 3.65. The second kappa shape index (κ2) is 5.82. The molecule has 136 valence electrons. The van der Waals surface area contributed by atoms with Crippen LogP contribution >= 0.6 is 0 Å². The number of nitrogens with zero attached hydrogens (tertiary/aromatic N) is 5. The molecule has 8 nitrogen and oxygen atoms in total. The van der Waals surface area contributed by atoms with Crippen LogP contribution in [0, 0.1) is 5.92 Å². The normalized spacial score (nSPS) is 25.4. The predicted octanol–water partition coefficient (Wildman–Crippen LogP) is 0.824. The second-order valence-electron chi connectivity index (χ2n) is 6.98. The number of benzene rings is 1. The average molecular weight is 356 g/mol. The molecule has 26 heavy (non-hydrogen) atoms.